The number of nitrogens with zero attached hydrogens (tertiary/aromatic N) is 3. The molecule has 0 unspecified atom stereocenters. The molecule has 1 aliphatic rings. The van der Waals surface area contributed by atoms with E-state index in [2.05, 4.69) is 14.9 Å². The van der Waals surface area contributed by atoms with E-state index in [-0.39, 0.29) is 34.4 Å². The van der Waals surface area contributed by atoms with Gasteiger partial charge in [-0.3, -0.25) is 4.79 Å². The third-order valence-corrected chi connectivity index (χ3v) is 5.02. The van der Waals surface area contributed by atoms with Crippen LogP contribution in [0.1, 0.15) is 55.2 Å². The van der Waals surface area contributed by atoms with Gasteiger partial charge in [-0.2, -0.15) is 13.2 Å². The van der Waals surface area contributed by atoms with Gasteiger partial charge in [-0.05, 0) is 36.3 Å². The molecule has 0 amide bonds. The molecule has 0 saturated heterocycles. The van der Waals surface area contributed by atoms with E-state index >= 15 is 0 Å². The summed E-state index contributed by atoms with van der Waals surface area (Å²) in [5.74, 6) is -0.321. The number of aromatic amines is 1. The van der Waals surface area contributed by atoms with Crippen LogP contribution in [0.3, 0.4) is 0 Å². The zero-order valence-electron chi connectivity index (χ0n) is 15.3. The highest BCUT2D eigenvalue weighted by molar-refractivity contribution is 5.74. The molecule has 0 bridgehead atoms. The number of halogens is 3. The molecular formula is C20H17F3N4O. The van der Waals surface area contributed by atoms with Gasteiger partial charge in [0.2, 0.25) is 5.69 Å². The van der Waals surface area contributed by atoms with Crippen LogP contribution in [0.2, 0.25) is 0 Å². The van der Waals surface area contributed by atoms with E-state index in [9.17, 15) is 18.0 Å². The lowest BCUT2D eigenvalue weighted by Gasteiger charge is -2.16. The van der Waals surface area contributed by atoms with E-state index in [0.29, 0.717) is 11.1 Å². The Hall–Kier alpha value is -3.08. The number of nitrogens with one attached hydrogen (secondary N) is 1. The number of rotatable bonds is 3. The van der Waals surface area contributed by atoms with Crippen molar-refractivity contribution in [1.82, 2.24) is 14.6 Å². The number of aromatic nitrogens is 3. The molecule has 1 aromatic carbocycles. The molecule has 0 spiro atoms. The Bertz CT molecular complexity index is 1180. The fourth-order valence-electron chi connectivity index (χ4n) is 3.54. The molecule has 4 rings (SSSR count). The predicted molar refractivity (Wildman–Crippen MR) is 98.6 cm³/mol. The fraction of sp³-hybridized carbons (Fsp3) is 0.350. The molecule has 0 aliphatic heterocycles. The zero-order valence-corrected chi connectivity index (χ0v) is 15.3. The quantitative estimate of drug-likeness (QED) is 0.624. The summed E-state index contributed by atoms with van der Waals surface area (Å²) in [5, 5.41) is 2.70. The summed E-state index contributed by atoms with van der Waals surface area (Å²) in [5.41, 5.74) is 0.188. The molecule has 144 valence electrons. The summed E-state index contributed by atoms with van der Waals surface area (Å²) < 4.78 is 42.1. The van der Waals surface area contributed by atoms with Crippen molar-refractivity contribution in [2.24, 2.45) is 0 Å². The summed E-state index contributed by atoms with van der Waals surface area (Å²) in [6.07, 6.45) is -1.62. The summed E-state index contributed by atoms with van der Waals surface area (Å²) in [6.45, 7) is 10.8. The highest BCUT2D eigenvalue weighted by atomic mass is 19.4. The Labute approximate surface area is 158 Å². The van der Waals surface area contributed by atoms with Crippen LogP contribution in [-0.4, -0.2) is 14.6 Å². The van der Waals surface area contributed by atoms with Crippen molar-refractivity contribution in [2.75, 3.05) is 0 Å². The van der Waals surface area contributed by atoms with Crippen LogP contribution >= 0.6 is 0 Å². The van der Waals surface area contributed by atoms with Gasteiger partial charge >= 0.3 is 6.18 Å². The van der Waals surface area contributed by atoms with Crippen LogP contribution in [0.5, 0.6) is 0 Å². The van der Waals surface area contributed by atoms with Gasteiger partial charge < -0.3 is 5.10 Å². The molecule has 2 aromatic heterocycles. The summed E-state index contributed by atoms with van der Waals surface area (Å²) in [6, 6.07) is 4.18. The summed E-state index contributed by atoms with van der Waals surface area (Å²) in [7, 11) is 0. The van der Waals surface area contributed by atoms with Crippen LogP contribution < -0.4 is 5.56 Å². The fourth-order valence-corrected chi connectivity index (χ4v) is 3.54. The highest BCUT2D eigenvalue weighted by Crippen LogP contribution is 2.47. The topological polar surface area (TPSA) is 54.5 Å². The Kier molecular flexibility index (Phi) is 4.07. The smallest absolute Gasteiger partial charge is 0.308 e. The Balaban J connectivity index is 2.02. The highest BCUT2D eigenvalue weighted by Gasteiger charge is 2.38. The summed E-state index contributed by atoms with van der Waals surface area (Å²) >= 11 is 0. The maximum Gasteiger partial charge on any atom is 0.416 e. The Morgan fingerprint density at radius 2 is 2.04 bits per heavy atom. The van der Waals surface area contributed by atoms with Gasteiger partial charge in [-0.1, -0.05) is 26.0 Å². The van der Waals surface area contributed by atoms with Gasteiger partial charge in [0.25, 0.3) is 5.56 Å². The van der Waals surface area contributed by atoms with E-state index in [0.717, 1.165) is 23.4 Å². The zero-order chi connectivity index (χ0) is 20.2. The van der Waals surface area contributed by atoms with E-state index in [1.807, 2.05) is 0 Å². The average molecular weight is 386 g/mol. The number of hydrogen-bond donors (Lipinski definition) is 1. The second-order valence-corrected chi connectivity index (χ2v) is 7.34. The third-order valence-electron chi connectivity index (χ3n) is 5.02. The molecule has 1 N–H and O–H groups in total. The van der Waals surface area contributed by atoms with Crippen LogP contribution in [0.4, 0.5) is 18.9 Å². The molecule has 0 radical (unpaired) electrons. The lowest BCUT2D eigenvalue weighted by atomic mass is 9.94. The normalized spacial score (nSPS) is 14.6. The Morgan fingerprint density at radius 3 is 2.61 bits per heavy atom. The SMILES string of the molecule is [C-]#[N+]c1c[nH]n2c(=O)c(C(C)C)c(-c3ccc(C4CC4)c(C(F)(F)F)c3)nc12. The molecule has 1 saturated carbocycles. The van der Waals surface area contributed by atoms with Gasteiger partial charge in [0, 0.05) is 17.3 Å². The molecule has 1 fully saturated rings. The standard InChI is InChI=1S/C20H17F3N4O/c1-10(2)16-17(26-18-15(24-3)9-25-27(18)19(16)28)12-6-7-13(11-4-5-11)14(8-12)20(21,22)23/h6-11,25H,4-5H2,1-2H3. The van der Waals surface area contributed by atoms with E-state index < -0.39 is 17.3 Å². The second kappa shape index (κ2) is 6.23. The van der Waals surface area contributed by atoms with Crippen molar-refractivity contribution in [1.29, 1.82) is 0 Å². The minimum absolute atomic E-state index is 0.0605. The number of benzene rings is 1. The molecule has 5 nitrogen and oxygen atoms in total. The lowest BCUT2D eigenvalue weighted by Crippen LogP contribution is -2.22. The number of hydrogen-bond acceptors (Lipinski definition) is 2. The first-order valence-corrected chi connectivity index (χ1v) is 8.95. The first-order valence-electron chi connectivity index (χ1n) is 8.95. The number of H-pyrrole nitrogens is 1. The molecular weight excluding hydrogens is 369 g/mol. The lowest BCUT2D eigenvalue weighted by molar-refractivity contribution is -0.138. The molecule has 2 heterocycles. The van der Waals surface area contributed by atoms with Crippen molar-refractivity contribution in [2.45, 2.75) is 44.7 Å². The van der Waals surface area contributed by atoms with Gasteiger partial charge in [0.05, 0.1) is 17.8 Å². The van der Waals surface area contributed by atoms with Gasteiger partial charge in [0.1, 0.15) is 0 Å². The van der Waals surface area contributed by atoms with Crippen molar-refractivity contribution in [3.8, 4) is 11.3 Å². The predicted octanol–water partition coefficient (Wildman–Crippen LogP) is 5.26. The third kappa shape index (κ3) is 2.87. The van der Waals surface area contributed by atoms with Crippen LogP contribution in [0.15, 0.2) is 29.2 Å². The van der Waals surface area contributed by atoms with Gasteiger partial charge in [-0.15, -0.1) is 0 Å². The minimum atomic E-state index is -4.49. The van der Waals surface area contributed by atoms with E-state index in [1.54, 1.807) is 19.9 Å². The largest absolute Gasteiger partial charge is 0.416 e. The van der Waals surface area contributed by atoms with Crippen molar-refractivity contribution in [3.05, 3.63) is 62.9 Å². The van der Waals surface area contributed by atoms with E-state index in [1.165, 1.54) is 12.3 Å². The van der Waals surface area contributed by atoms with Gasteiger partial charge in [0.15, 0.2) is 5.65 Å². The maximum absolute atomic E-state index is 13.7. The minimum Gasteiger partial charge on any atom is -0.308 e. The van der Waals surface area contributed by atoms with Crippen molar-refractivity contribution >= 4 is 11.3 Å². The molecule has 1 aliphatic carbocycles. The van der Waals surface area contributed by atoms with E-state index in [4.69, 9.17) is 6.57 Å². The van der Waals surface area contributed by atoms with Gasteiger partial charge in [-0.25, -0.2) is 14.3 Å². The molecule has 28 heavy (non-hydrogen) atoms. The number of alkyl halides is 3. The molecule has 8 heteroatoms. The maximum atomic E-state index is 13.7. The van der Waals surface area contributed by atoms with Crippen molar-refractivity contribution < 1.29 is 13.2 Å². The monoisotopic (exact) mass is 386 g/mol. The second-order valence-electron chi connectivity index (χ2n) is 7.34. The molecule has 0 atom stereocenters. The van der Waals surface area contributed by atoms with Crippen molar-refractivity contribution in [3.63, 3.8) is 0 Å². The van der Waals surface area contributed by atoms with Crippen LogP contribution in [0.25, 0.3) is 21.7 Å². The average Bonchev–Trinajstić information content (AvgIpc) is 3.39. The number of fused-ring (bicyclic) bond motifs is 1. The van der Waals surface area contributed by atoms with Crippen LogP contribution in [0, 0.1) is 6.57 Å². The van der Waals surface area contributed by atoms with Crippen LogP contribution in [-0.2, 0) is 6.18 Å². The first kappa shape index (κ1) is 18.3. The molecule has 3 aromatic rings. The first-order chi connectivity index (χ1) is 13.2. The summed E-state index contributed by atoms with van der Waals surface area (Å²) in [4.78, 5) is 20.7. The Morgan fingerprint density at radius 1 is 1.32 bits per heavy atom.